The molecule has 1 aromatic heterocycles. The molecule has 2 N–H and O–H groups in total. The molecule has 0 saturated carbocycles. The Bertz CT molecular complexity index is 521. The fourth-order valence-corrected chi connectivity index (χ4v) is 2.45. The molecule has 4 nitrogen and oxygen atoms in total. The van der Waals surface area contributed by atoms with Crippen molar-refractivity contribution in [1.82, 2.24) is 15.1 Å². The fraction of sp³-hybridized carbons (Fsp3) is 0.357. The number of halogens is 1. The van der Waals surface area contributed by atoms with Crippen molar-refractivity contribution in [2.45, 2.75) is 18.9 Å². The molecule has 102 valence electrons. The van der Waals surface area contributed by atoms with Gasteiger partial charge in [-0.05, 0) is 24.9 Å². The number of benzene rings is 1. The van der Waals surface area contributed by atoms with Gasteiger partial charge in [-0.1, -0.05) is 30.3 Å². The molecule has 0 aliphatic carbocycles. The average molecular weight is 280 g/mol. The predicted molar refractivity (Wildman–Crippen MR) is 77.7 cm³/mol. The van der Waals surface area contributed by atoms with E-state index in [0.717, 1.165) is 37.1 Å². The zero-order valence-corrected chi connectivity index (χ0v) is 11.4. The van der Waals surface area contributed by atoms with E-state index < -0.39 is 0 Å². The predicted octanol–water partition coefficient (Wildman–Crippen LogP) is 2.60. The van der Waals surface area contributed by atoms with Crippen molar-refractivity contribution >= 4 is 12.4 Å². The largest absolute Gasteiger partial charge is 0.492 e. The average Bonchev–Trinajstić information content (AvgIpc) is 2.83. The van der Waals surface area contributed by atoms with Gasteiger partial charge in [-0.15, -0.1) is 17.5 Å². The van der Waals surface area contributed by atoms with Crippen molar-refractivity contribution in [2.24, 2.45) is 0 Å². The van der Waals surface area contributed by atoms with Crippen LogP contribution in [0.5, 0.6) is 5.88 Å². The molecule has 0 spiro atoms. The summed E-state index contributed by atoms with van der Waals surface area (Å²) in [5.74, 6) is 0.117. The summed E-state index contributed by atoms with van der Waals surface area (Å²) in [6.45, 7) is 2.00. The summed E-state index contributed by atoms with van der Waals surface area (Å²) in [7, 11) is 0. The van der Waals surface area contributed by atoms with Crippen LogP contribution in [0.15, 0.2) is 36.5 Å². The Hall–Kier alpha value is -1.52. The number of rotatable bonds is 2. The summed E-state index contributed by atoms with van der Waals surface area (Å²) in [6, 6.07) is 10.2. The molecule has 1 atom stereocenters. The molecule has 0 radical (unpaired) electrons. The van der Waals surface area contributed by atoms with Crippen LogP contribution < -0.4 is 5.32 Å². The molecular weight excluding hydrogens is 262 g/mol. The minimum atomic E-state index is 0. The highest BCUT2D eigenvalue weighted by molar-refractivity contribution is 5.85. The summed E-state index contributed by atoms with van der Waals surface area (Å²) in [5.41, 5.74) is 1.81. The molecule has 1 aromatic carbocycles. The lowest BCUT2D eigenvalue weighted by molar-refractivity contribution is 0.336. The van der Waals surface area contributed by atoms with Crippen LogP contribution in [-0.2, 0) is 0 Å². The van der Waals surface area contributed by atoms with Crippen LogP contribution in [-0.4, -0.2) is 28.0 Å². The van der Waals surface area contributed by atoms with Crippen molar-refractivity contribution in [3.05, 3.63) is 36.5 Å². The van der Waals surface area contributed by atoms with Crippen LogP contribution in [0.4, 0.5) is 0 Å². The van der Waals surface area contributed by atoms with Gasteiger partial charge >= 0.3 is 0 Å². The van der Waals surface area contributed by atoms with Gasteiger partial charge in [0.2, 0.25) is 5.88 Å². The van der Waals surface area contributed by atoms with E-state index in [2.05, 4.69) is 10.4 Å². The Balaban J connectivity index is 0.00000133. The summed E-state index contributed by atoms with van der Waals surface area (Å²) in [5, 5.41) is 17.6. The molecule has 3 rings (SSSR count). The highest BCUT2D eigenvalue weighted by Gasteiger charge is 2.18. The molecule has 2 heterocycles. The minimum absolute atomic E-state index is 0. The topological polar surface area (TPSA) is 50.1 Å². The molecule has 1 unspecified atom stereocenters. The number of aromatic hydroxyl groups is 1. The maximum Gasteiger partial charge on any atom is 0.238 e. The standard InChI is InChI=1S/C14H17N3O.ClH/c18-14-13(11-5-2-1-3-6-11)10-17(16-14)12-7-4-8-15-9-12;/h1-3,5-6,10,12,15H,4,7-9H2,(H,16,18);1H. The van der Waals surface area contributed by atoms with E-state index in [-0.39, 0.29) is 18.3 Å². The second-order valence-electron chi connectivity index (χ2n) is 4.71. The Morgan fingerprint density at radius 3 is 2.74 bits per heavy atom. The Labute approximate surface area is 118 Å². The van der Waals surface area contributed by atoms with E-state index in [9.17, 15) is 5.11 Å². The Morgan fingerprint density at radius 2 is 2.05 bits per heavy atom. The van der Waals surface area contributed by atoms with Gasteiger partial charge in [0.05, 0.1) is 11.6 Å². The van der Waals surface area contributed by atoms with E-state index in [1.807, 2.05) is 41.2 Å². The minimum Gasteiger partial charge on any atom is -0.492 e. The Kier molecular flexibility index (Phi) is 4.45. The molecule has 1 saturated heterocycles. The van der Waals surface area contributed by atoms with Gasteiger partial charge in [0.15, 0.2) is 0 Å². The van der Waals surface area contributed by atoms with Gasteiger partial charge in [0.25, 0.3) is 0 Å². The number of nitrogens with one attached hydrogen (secondary N) is 1. The fourth-order valence-electron chi connectivity index (χ4n) is 2.45. The van der Waals surface area contributed by atoms with E-state index in [1.165, 1.54) is 0 Å². The van der Waals surface area contributed by atoms with Crippen molar-refractivity contribution in [2.75, 3.05) is 13.1 Å². The molecule has 2 aromatic rings. The van der Waals surface area contributed by atoms with Crippen molar-refractivity contribution in [1.29, 1.82) is 0 Å². The third-order valence-electron chi connectivity index (χ3n) is 3.44. The van der Waals surface area contributed by atoms with Gasteiger partial charge in [-0.2, -0.15) is 0 Å². The summed E-state index contributed by atoms with van der Waals surface area (Å²) < 4.78 is 1.89. The van der Waals surface area contributed by atoms with E-state index in [4.69, 9.17) is 0 Å². The van der Waals surface area contributed by atoms with Crippen molar-refractivity contribution in [3.8, 4) is 17.0 Å². The first-order chi connectivity index (χ1) is 8.84. The van der Waals surface area contributed by atoms with Crippen LogP contribution in [0.1, 0.15) is 18.9 Å². The number of hydrogen-bond acceptors (Lipinski definition) is 3. The molecule has 19 heavy (non-hydrogen) atoms. The lowest BCUT2D eigenvalue weighted by Crippen LogP contribution is -2.31. The molecular formula is C14H18ClN3O. The molecule has 1 fully saturated rings. The second kappa shape index (κ2) is 6.08. The molecule has 1 aliphatic rings. The Morgan fingerprint density at radius 1 is 1.26 bits per heavy atom. The number of aromatic nitrogens is 2. The molecule has 0 bridgehead atoms. The van der Waals surface area contributed by atoms with E-state index >= 15 is 0 Å². The highest BCUT2D eigenvalue weighted by Crippen LogP contribution is 2.29. The first-order valence-corrected chi connectivity index (χ1v) is 6.39. The molecule has 1 aliphatic heterocycles. The van der Waals surface area contributed by atoms with E-state index in [1.54, 1.807) is 0 Å². The van der Waals surface area contributed by atoms with Crippen LogP contribution in [0.25, 0.3) is 11.1 Å². The van der Waals surface area contributed by atoms with Gasteiger partial charge in [0.1, 0.15) is 0 Å². The van der Waals surface area contributed by atoms with Crippen molar-refractivity contribution in [3.63, 3.8) is 0 Å². The van der Waals surface area contributed by atoms with Crippen molar-refractivity contribution < 1.29 is 5.11 Å². The molecule has 0 amide bonds. The lowest BCUT2D eigenvalue weighted by atomic mass is 10.1. The van der Waals surface area contributed by atoms with Crippen LogP contribution in [0.2, 0.25) is 0 Å². The smallest absolute Gasteiger partial charge is 0.238 e. The lowest BCUT2D eigenvalue weighted by Gasteiger charge is -2.22. The highest BCUT2D eigenvalue weighted by atomic mass is 35.5. The van der Waals surface area contributed by atoms with Gasteiger partial charge < -0.3 is 10.4 Å². The third kappa shape index (κ3) is 2.91. The van der Waals surface area contributed by atoms with Gasteiger partial charge in [0, 0.05) is 12.7 Å². The first kappa shape index (κ1) is 13.9. The quantitative estimate of drug-likeness (QED) is 0.888. The zero-order valence-electron chi connectivity index (χ0n) is 10.6. The zero-order chi connectivity index (χ0) is 12.4. The first-order valence-electron chi connectivity index (χ1n) is 6.39. The number of hydrogen-bond donors (Lipinski definition) is 2. The maximum atomic E-state index is 9.96. The molecule has 5 heteroatoms. The van der Waals surface area contributed by atoms with Crippen LogP contribution >= 0.6 is 12.4 Å². The van der Waals surface area contributed by atoms with E-state index in [0.29, 0.717) is 6.04 Å². The van der Waals surface area contributed by atoms with Crippen LogP contribution in [0.3, 0.4) is 0 Å². The number of nitrogens with zero attached hydrogens (tertiary/aromatic N) is 2. The maximum absolute atomic E-state index is 9.96. The SMILES string of the molecule is Cl.Oc1nn(C2CCCNC2)cc1-c1ccccc1. The summed E-state index contributed by atoms with van der Waals surface area (Å²) >= 11 is 0. The van der Waals surface area contributed by atoms with Crippen LogP contribution in [0, 0.1) is 0 Å². The third-order valence-corrected chi connectivity index (χ3v) is 3.44. The monoisotopic (exact) mass is 279 g/mol. The van der Waals surface area contributed by atoms with Gasteiger partial charge in [-0.25, -0.2) is 0 Å². The number of piperidine rings is 1. The summed E-state index contributed by atoms with van der Waals surface area (Å²) in [6.07, 6.45) is 4.22. The normalized spacial score (nSPS) is 18.8. The second-order valence-corrected chi connectivity index (χ2v) is 4.71. The summed E-state index contributed by atoms with van der Waals surface area (Å²) in [4.78, 5) is 0. The van der Waals surface area contributed by atoms with Gasteiger partial charge in [-0.3, -0.25) is 4.68 Å².